The first-order valence-electron chi connectivity index (χ1n) is 6.63. The molecule has 1 aliphatic heterocycles. The summed E-state index contributed by atoms with van der Waals surface area (Å²) in [5.74, 6) is 0.0361. The summed E-state index contributed by atoms with van der Waals surface area (Å²) in [6, 6.07) is 11.1. The number of halogens is 1. The van der Waals surface area contributed by atoms with Crippen molar-refractivity contribution in [3.05, 3.63) is 75.1 Å². The number of benzene rings is 2. The van der Waals surface area contributed by atoms with Crippen LogP contribution in [-0.2, 0) is 13.1 Å². The minimum Gasteiger partial charge on any atom is -0.330 e. The summed E-state index contributed by atoms with van der Waals surface area (Å²) < 4.78 is 0. The van der Waals surface area contributed by atoms with Crippen molar-refractivity contribution in [3.63, 3.8) is 0 Å². The van der Waals surface area contributed by atoms with Crippen molar-refractivity contribution < 1.29 is 4.79 Å². The highest BCUT2D eigenvalue weighted by atomic mass is 35.5. The Bertz CT molecular complexity index is 760. The molecule has 1 aliphatic rings. The number of carbonyl (C=O) groups excluding carboxylic acids is 1. The average molecular weight is 297 g/mol. The highest BCUT2D eigenvalue weighted by Crippen LogP contribution is 2.31. The average Bonchev–Trinajstić information content (AvgIpc) is 2.78. The molecule has 4 heteroatoms. The molecule has 0 fully saturated rings. The summed E-state index contributed by atoms with van der Waals surface area (Å²) in [5.41, 5.74) is 4.20. The highest BCUT2D eigenvalue weighted by Gasteiger charge is 2.29. The molecule has 2 aromatic carbocycles. The fraction of sp³-hybridized carbons (Fsp3) is 0.176. The van der Waals surface area contributed by atoms with Crippen LogP contribution in [0.2, 0.25) is 5.02 Å². The van der Waals surface area contributed by atoms with Crippen LogP contribution in [-0.4, -0.2) is 10.8 Å². The van der Waals surface area contributed by atoms with E-state index in [2.05, 4.69) is 4.85 Å². The molecule has 1 amide bonds. The Balaban J connectivity index is 1.88. The van der Waals surface area contributed by atoms with Gasteiger partial charge in [0.25, 0.3) is 5.91 Å². The van der Waals surface area contributed by atoms with Crippen molar-refractivity contribution in [1.82, 2.24) is 4.90 Å². The van der Waals surface area contributed by atoms with Gasteiger partial charge >= 0.3 is 0 Å². The first-order valence-corrected chi connectivity index (χ1v) is 7.01. The van der Waals surface area contributed by atoms with Crippen molar-refractivity contribution >= 4 is 23.2 Å². The third-order valence-corrected chi connectivity index (χ3v) is 3.93. The lowest BCUT2D eigenvalue weighted by Crippen LogP contribution is -2.23. The molecule has 0 aromatic heterocycles. The molecule has 3 rings (SSSR count). The number of rotatable bonds is 2. The fourth-order valence-electron chi connectivity index (χ4n) is 2.71. The lowest BCUT2D eigenvalue weighted by molar-refractivity contribution is 0.0766. The van der Waals surface area contributed by atoms with Crippen LogP contribution < -0.4 is 0 Å². The predicted octanol–water partition coefficient (Wildman–Crippen LogP) is 4.36. The number of carbonyl (C=O) groups is 1. The normalized spacial score (nSPS) is 13.2. The summed E-state index contributed by atoms with van der Waals surface area (Å²) in [6.07, 6.45) is 0. The SMILES string of the molecule is [C-]#[N+]c1cc(C)c2c(c1)CN(Cc1ccc(Cl)cc1)C2=O. The summed E-state index contributed by atoms with van der Waals surface area (Å²) in [7, 11) is 0. The molecule has 2 aromatic rings. The molecular formula is C17H13ClN2O. The smallest absolute Gasteiger partial charge is 0.254 e. The van der Waals surface area contributed by atoms with Crippen LogP contribution in [0, 0.1) is 13.5 Å². The first-order chi connectivity index (χ1) is 10.1. The molecule has 0 unspecified atom stereocenters. The van der Waals surface area contributed by atoms with Crippen LogP contribution in [0.1, 0.15) is 27.0 Å². The van der Waals surface area contributed by atoms with E-state index in [1.165, 1.54) is 0 Å². The monoisotopic (exact) mass is 296 g/mol. The van der Waals surface area contributed by atoms with Gasteiger partial charge in [0, 0.05) is 23.7 Å². The van der Waals surface area contributed by atoms with Gasteiger partial charge in [-0.15, -0.1) is 0 Å². The van der Waals surface area contributed by atoms with Gasteiger partial charge in [-0.2, -0.15) is 0 Å². The highest BCUT2D eigenvalue weighted by molar-refractivity contribution is 6.30. The Morgan fingerprint density at radius 3 is 2.67 bits per heavy atom. The van der Waals surface area contributed by atoms with E-state index in [0.29, 0.717) is 23.8 Å². The molecular weight excluding hydrogens is 284 g/mol. The molecule has 21 heavy (non-hydrogen) atoms. The van der Waals surface area contributed by atoms with Crippen LogP contribution in [0.5, 0.6) is 0 Å². The lowest BCUT2D eigenvalue weighted by atomic mass is 10.0. The van der Waals surface area contributed by atoms with Crippen LogP contribution in [0.4, 0.5) is 5.69 Å². The molecule has 0 saturated carbocycles. The topological polar surface area (TPSA) is 24.7 Å². The largest absolute Gasteiger partial charge is 0.330 e. The van der Waals surface area contributed by atoms with Gasteiger partial charge < -0.3 is 4.90 Å². The zero-order valence-electron chi connectivity index (χ0n) is 11.6. The third-order valence-electron chi connectivity index (χ3n) is 3.68. The number of amides is 1. The minimum atomic E-state index is 0.0361. The maximum atomic E-state index is 12.5. The van der Waals surface area contributed by atoms with Gasteiger partial charge in [0.1, 0.15) is 0 Å². The van der Waals surface area contributed by atoms with E-state index in [9.17, 15) is 4.79 Å². The third kappa shape index (κ3) is 2.51. The predicted molar refractivity (Wildman–Crippen MR) is 82.5 cm³/mol. The molecule has 3 nitrogen and oxygen atoms in total. The van der Waals surface area contributed by atoms with Gasteiger partial charge in [-0.3, -0.25) is 4.79 Å². The Morgan fingerprint density at radius 1 is 1.29 bits per heavy atom. The Hall–Kier alpha value is -2.31. The second-order valence-electron chi connectivity index (χ2n) is 5.20. The molecule has 104 valence electrons. The van der Waals surface area contributed by atoms with E-state index in [0.717, 1.165) is 22.3 Å². The zero-order valence-corrected chi connectivity index (χ0v) is 12.3. The van der Waals surface area contributed by atoms with Crippen molar-refractivity contribution in [2.75, 3.05) is 0 Å². The van der Waals surface area contributed by atoms with Gasteiger partial charge in [-0.1, -0.05) is 35.9 Å². The molecule has 0 radical (unpaired) electrons. The first kappa shape index (κ1) is 13.7. The zero-order chi connectivity index (χ0) is 15.0. The van der Waals surface area contributed by atoms with Crippen molar-refractivity contribution in [2.24, 2.45) is 0 Å². The van der Waals surface area contributed by atoms with Crippen molar-refractivity contribution in [3.8, 4) is 0 Å². The van der Waals surface area contributed by atoms with E-state index in [1.807, 2.05) is 37.3 Å². The van der Waals surface area contributed by atoms with Crippen LogP contribution in [0.25, 0.3) is 4.85 Å². The van der Waals surface area contributed by atoms with Gasteiger partial charge in [0.15, 0.2) is 5.69 Å². The van der Waals surface area contributed by atoms with E-state index in [-0.39, 0.29) is 5.91 Å². The second-order valence-corrected chi connectivity index (χ2v) is 5.63. The Kier molecular flexibility index (Phi) is 3.40. The van der Waals surface area contributed by atoms with E-state index in [1.54, 1.807) is 11.0 Å². The summed E-state index contributed by atoms with van der Waals surface area (Å²) in [6.45, 7) is 10.1. The lowest BCUT2D eigenvalue weighted by Gasteiger charge is -2.15. The Labute approximate surface area is 128 Å². The summed E-state index contributed by atoms with van der Waals surface area (Å²) >= 11 is 5.88. The molecule has 0 bridgehead atoms. The molecule has 0 atom stereocenters. The summed E-state index contributed by atoms with van der Waals surface area (Å²) in [4.78, 5) is 17.8. The maximum Gasteiger partial charge on any atom is 0.254 e. The fourth-order valence-corrected chi connectivity index (χ4v) is 2.83. The number of hydrogen-bond acceptors (Lipinski definition) is 1. The van der Waals surface area contributed by atoms with E-state index < -0.39 is 0 Å². The van der Waals surface area contributed by atoms with E-state index in [4.69, 9.17) is 18.2 Å². The van der Waals surface area contributed by atoms with E-state index >= 15 is 0 Å². The van der Waals surface area contributed by atoms with Crippen LogP contribution in [0.3, 0.4) is 0 Å². The molecule has 0 spiro atoms. The Morgan fingerprint density at radius 2 is 2.00 bits per heavy atom. The maximum absolute atomic E-state index is 12.5. The minimum absolute atomic E-state index is 0.0361. The van der Waals surface area contributed by atoms with Crippen molar-refractivity contribution in [2.45, 2.75) is 20.0 Å². The number of hydrogen-bond donors (Lipinski definition) is 0. The van der Waals surface area contributed by atoms with Gasteiger partial charge in [0.05, 0.1) is 6.57 Å². The quantitative estimate of drug-likeness (QED) is 0.756. The molecule has 1 heterocycles. The van der Waals surface area contributed by atoms with Gasteiger partial charge in [-0.05, 0) is 35.7 Å². The summed E-state index contributed by atoms with van der Waals surface area (Å²) in [5, 5.41) is 0.687. The second kappa shape index (κ2) is 5.23. The van der Waals surface area contributed by atoms with Crippen LogP contribution in [0.15, 0.2) is 36.4 Å². The number of nitrogens with zero attached hydrogens (tertiary/aromatic N) is 2. The number of fused-ring (bicyclic) bond motifs is 1. The van der Waals surface area contributed by atoms with Crippen molar-refractivity contribution in [1.29, 1.82) is 0 Å². The molecule has 0 aliphatic carbocycles. The van der Waals surface area contributed by atoms with Gasteiger partial charge in [0.2, 0.25) is 0 Å². The number of aryl methyl sites for hydroxylation is 1. The van der Waals surface area contributed by atoms with Crippen LogP contribution >= 0.6 is 11.6 Å². The molecule has 0 N–H and O–H groups in total. The van der Waals surface area contributed by atoms with Gasteiger partial charge in [-0.25, -0.2) is 4.85 Å². The standard InChI is InChI=1S/C17H13ClN2O/c1-11-7-15(19-2)8-13-10-20(17(21)16(11)13)9-12-3-5-14(18)6-4-12/h3-8H,9-10H2,1H3. The molecule has 0 saturated heterocycles.